The summed E-state index contributed by atoms with van der Waals surface area (Å²) in [5.74, 6) is 0.504. The van der Waals surface area contributed by atoms with Crippen molar-refractivity contribution in [2.24, 2.45) is 5.41 Å². The Bertz CT molecular complexity index is 391. The molecule has 0 heterocycles. The van der Waals surface area contributed by atoms with Crippen molar-refractivity contribution in [2.75, 3.05) is 7.11 Å². The highest BCUT2D eigenvalue weighted by atomic mass is 16.5. The largest absolute Gasteiger partial charge is 0.496 e. The number of carbonyl (C=O) groups is 1. The van der Waals surface area contributed by atoms with E-state index in [2.05, 4.69) is 0 Å². The normalized spacial score (nSPS) is 13.2. The number of benzene rings is 1. The van der Waals surface area contributed by atoms with Gasteiger partial charge in [0.2, 0.25) is 0 Å². The number of rotatable bonds is 4. The first kappa shape index (κ1) is 13.7. The molecule has 17 heavy (non-hydrogen) atoms. The third-order valence-corrected chi connectivity index (χ3v) is 2.68. The van der Waals surface area contributed by atoms with E-state index in [0.29, 0.717) is 5.75 Å². The first-order valence-electron chi connectivity index (χ1n) is 5.69. The van der Waals surface area contributed by atoms with E-state index in [1.165, 1.54) is 0 Å². The van der Waals surface area contributed by atoms with Crippen LogP contribution in [0.25, 0.3) is 0 Å². The summed E-state index contributed by atoms with van der Waals surface area (Å²) in [4.78, 5) is 11.9. The van der Waals surface area contributed by atoms with E-state index in [9.17, 15) is 9.90 Å². The molecular formula is C14H20O3. The predicted octanol–water partition coefficient (Wildman–Crippen LogP) is 2.21. The lowest BCUT2D eigenvalue weighted by molar-refractivity contribution is -0.131. The zero-order valence-corrected chi connectivity index (χ0v) is 10.9. The van der Waals surface area contributed by atoms with Crippen LogP contribution in [0.2, 0.25) is 0 Å². The Balaban J connectivity index is 2.81. The summed E-state index contributed by atoms with van der Waals surface area (Å²) in [6.07, 6.45) is -0.755. The number of Topliss-reactive ketones (excluding diaryl/α,β-unsaturated/α-hetero) is 1. The summed E-state index contributed by atoms with van der Waals surface area (Å²) in [6.45, 7) is 5.54. The molecule has 94 valence electrons. The molecule has 3 nitrogen and oxygen atoms in total. The molecule has 0 aromatic heterocycles. The van der Waals surface area contributed by atoms with Gasteiger partial charge < -0.3 is 9.84 Å². The van der Waals surface area contributed by atoms with Gasteiger partial charge in [-0.05, 0) is 11.5 Å². The van der Waals surface area contributed by atoms with Crippen LogP contribution in [0, 0.1) is 5.41 Å². The van der Waals surface area contributed by atoms with Crippen LogP contribution in [0.1, 0.15) is 26.3 Å². The van der Waals surface area contributed by atoms with Crippen molar-refractivity contribution in [3.63, 3.8) is 0 Å². The molecule has 0 aliphatic heterocycles. The van der Waals surface area contributed by atoms with Crippen molar-refractivity contribution in [1.82, 2.24) is 0 Å². The smallest absolute Gasteiger partial charge is 0.166 e. The highest BCUT2D eigenvalue weighted by Gasteiger charge is 2.29. The van der Waals surface area contributed by atoms with Gasteiger partial charge in [-0.3, -0.25) is 4.79 Å². The van der Waals surface area contributed by atoms with E-state index in [4.69, 9.17) is 4.74 Å². The number of hydrogen-bond acceptors (Lipinski definition) is 3. The van der Waals surface area contributed by atoms with Crippen LogP contribution in [0.4, 0.5) is 0 Å². The summed E-state index contributed by atoms with van der Waals surface area (Å²) >= 11 is 0. The van der Waals surface area contributed by atoms with Crippen LogP contribution in [0.3, 0.4) is 0 Å². The molecule has 0 saturated carbocycles. The molecule has 0 aliphatic rings. The molecule has 0 spiro atoms. The standard InChI is InChI=1S/C14H20O3/c1-14(2,3)13(16)11(15)9-10-7-5-6-8-12(10)17-4/h5-8,13,16H,9H2,1-4H3. The Morgan fingerprint density at radius 3 is 2.47 bits per heavy atom. The molecular weight excluding hydrogens is 216 g/mol. The first-order chi connectivity index (χ1) is 7.86. The quantitative estimate of drug-likeness (QED) is 0.872. The lowest BCUT2D eigenvalue weighted by Crippen LogP contribution is -2.35. The molecule has 1 aromatic carbocycles. The van der Waals surface area contributed by atoms with Crippen molar-refractivity contribution in [3.8, 4) is 5.75 Å². The lowest BCUT2D eigenvalue weighted by Gasteiger charge is -2.24. The number of hydrogen-bond donors (Lipinski definition) is 1. The van der Waals surface area contributed by atoms with Crippen LogP contribution in [0.15, 0.2) is 24.3 Å². The van der Waals surface area contributed by atoms with Gasteiger partial charge in [0.05, 0.1) is 7.11 Å². The maximum Gasteiger partial charge on any atom is 0.166 e. The molecule has 0 fully saturated rings. The Hall–Kier alpha value is -1.35. The van der Waals surface area contributed by atoms with Gasteiger partial charge >= 0.3 is 0 Å². The van der Waals surface area contributed by atoms with E-state index >= 15 is 0 Å². The van der Waals surface area contributed by atoms with Gasteiger partial charge in [-0.2, -0.15) is 0 Å². The molecule has 3 heteroatoms. The van der Waals surface area contributed by atoms with Gasteiger partial charge in [-0.25, -0.2) is 0 Å². The molecule has 1 aromatic rings. The third-order valence-electron chi connectivity index (χ3n) is 2.68. The van der Waals surface area contributed by atoms with Crippen molar-refractivity contribution in [3.05, 3.63) is 29.8 Å². The average Bonchev–Trinajstić information content (AvgIpc) is 2.27. The molecule has 1 rings (SSSR count). The van der Waals surface area contributed by atoms with Gasteiger partial charge in [0.15, 0.2) is 5.78 Å². The van der Waals surface area contributed by atoms with Crippen LogP contribution < -0.4 is 4.74 Å². The summed E-state index contributed by atoms with van der Waals surface area (Å²) in [5.41, 5.74) is 0.377. The van der Waals surface area contributed by atoms with Crippen LogP contribution in [0.5, 0.6) is 5.75 Å². The highest BCUT2D eigenvalue weighted by molar-refractivity contribution is 5.86. The van der Waals surface area contributed by atoms with Crippen LogP contribution in [-0.2, 0) is 11.2 Å². The Morgan fingerprint density at radius 1 is 1.35 bits per heavy atom. The topological polar surface area (TPSA) is 46.5 Å². The summed E-state index contributed by atoms with van der Waals surface area (Å²) < 4.78 is 5.18. The summed E-state index contributed by atoms with van der Waals surface area (Å²) in [7, 11) is 1.57. The third kappa shape index (κ3) is 3.56. The fourth-order valence-corrected chi connectivity index (χ4v) is 1.62. The first-order valence-corrected chi connectivity index (χ1v) is 5.69. The van der Waals surface area contributed by atoms with Crippen molar-refractivity contribution >= 4 is 5.78 Å². The van der Waals surface area contributed by atoms with Gasteiger partial charge in [0.25, 0.3) is 0 Å². The fourth-order valence-electron chi connectivity index (χ4n) is 1.62. The van der Waals surface area contributed by atoms with Gasteiger partial charge in [-0.1, -0.05) is 39.0 Å². The zero-order valence-electron chi connectivity index (χ0n) is 10.9. The molecule has 1 N–H and O–H groups in total. The average molecular weight is 236 g/mol. The second-order valence-corrected chi connectivity index (χ2v) is 5.22. The number of aliphatic hydroxyl groups is 1. The van der Waals surface area contributed by atoms with Crippen LogP contribution >= 0.6 is 0 Å². The summed E-state index contributed by atoms with van der Waals surface area (Å²) in [5, 5.41) is 9.89. The van der Waals surface area contributed by atoms with Crippen molar-refractivity contribution in [2.45, 2.75) is 33.3 Å². The molecule has 0 saturated heterocycles. The molecule has 0 bridgehead atoms. The molecule has 1 atom stereocenters. The second-order valence-electron chi connectivity index (χ2n) is 5.22. The Morgan fingerprint density at radius 2 is 1.94 bits per heavy atom. The minimum atomic E-state index is -0.951. The molecule has 0 radical (unpaired) electrons. The van der Waals surface area contributed by atoms with Crippen LogP contribution in [-0.4, -0.2) is 24.1 Å². The highest BCUT2D eigenvalue weighted by Crippen LogP contribution is 2.23. The van der Waals surface area contributed by atoms with Crippen molar-refractivity contribution < 1.29 is 14.6 Å². The number of ketones is 1. The molecule has 0 amide bonds. The maximum atomic E-state index is 11.9. The predicted molar refractivity (Wildman–Crippen MR) is 67.2 cm³/mol. The number of methoxy groups -OCH3 is 1. The number of aliphatic hydroxyl groups excluding tert-OH is 1. The molecule has 0 aliphatic carbocycles. The van der Waals surface area contributed by atoms with Gasteiger partial charge in [0.1, 0.15) is 11.9 Å². The monoisotopic (exact) mass is 236 g/mol. The summed E-state index contributed by atoms with van der Waals surface area (Å²) in [6, 6.07) is 7.36. The van der Waals surface area contributed by atoms with Crippen molar-refractivity contribution in [1.29, 1.82) is 0 Å². The van der Waals surface area contributed by atoms with Gasteiger partial charge in [0, 0.05) is 12.0 Å². The van der Waals surface area contributed by atoms with E-state index in [-0.39, 0.29) is 12.2 Å². The minimum absolute atomic E-state index is 0.179. The maximum absolute atomic E-state index is 11.9. The van der Waals surface area contributed by atoms with Gasteiger partial charge in [-0.15, -0.1) is 0 Å². The van der Waals surface area contributed by atoms with E-state index in [1.54, 1.807) is 7.11 Å². The second kappa shape index (κ2) is 5.32. The Labute approximate surface area is 102 Å². The minimum Gasteiger partial charge on any atom is -0.496 e. The number of para-hydroxylation sites is 1. The van der Waals surface area contributed by atoms with E-state index in [0.717, 1.165) is 5.56 Å². The Kier molecular flexibility index (Phi) is 4.29. The SMILES string of the molecule is COc1ccccc1CC(=O)C(O)C(C)(C)C. The molecule has 1 unspecified atom stereocenters. The zero-order chi connectivity index (χ0) is 13.1. The lowest BCUT2D eigenvalue weighted by atomic mass is 9.85. The van der Waals surface area contributed by atoms with E-state index < -0.39 is 11.5 Å². The van der Waals surface area contributed by atoms with E-state index in [1.807, 2.05) is 45.0 Å². The number of carbonyl (C=O) groups excluding carboxylic acids is 1. The number of ether oxygens (including phenoxy) is 1. The fraction of sp³-hybridized carbons (Fsp3) is 0.500.